The summed E-state index contributed by atoms with van der Waals surface area (Å²) < 4.78 is 69.6. The highest BCUT2D eigenvalue weighted by molar-refractivity contribution is 7.93. The van der Waals surface area contributed by atoms with E-state index in [4.69, 9.17) is 5.10 Å². The first-order valence-electron chi connectivity index (χ1n) is 15.2. The number of hydrogen-bond acceptors (Lipinski definition) is 6. The number of carbonyl (C=O) groups excluding carboxylic acids is 1. The van der Waals surface area contributed by atoms with Crippen LogP contribution in [0.3, 0.4) is 0 Å². The zero-order valence-electron chi connectivity index (χ0n) is 24.6. The second-order valence-electron chi connectivity index (χ2n) is 12.1. The Bertz CT molecular complexity index is 1700. The smallest absolute Gasteiger partial charge is 0.370 e. The third-order valence-corrected chi connectivity index (χ3v) is 11.2. The summed E-state index contributed by atoms with van der Waals surface area (Å²) in [5.41, 5.74) is 3.22. The Morgan fingerprint density at radius 3 is 2.31 bits per heavy atom. The third-order valence-electron chi connectivity index (χ3n) is 9.00. The van der Waals surface area contributed by atoms with E-state index >= 15 is 0 Å². The highest BCUT2D eigenvalue weighted by Crippen LogP contribution is 2.43. The van der Waals surface area contributed by atoms with Crippen LogP contribution in [0.5, 0.6) is 0 Å². The van der Waals surface area contributed by atoms with Crippen molar-refractivity contribution >= 4 is 21.3 Å². The molecular weight excluding hydrogens is 608 g/mol. The average molecular weight is 643 g/mol. The summed E-state index contributed by atoms with van der Waals surface area (Å²) in [6.07, 6.45) is 2.01. The fraction of sp³-hybridized carbons (Fsp3) is 0.469. The maximum atomic E-state index is 13.7. The van der Waals surface area contributed by atoms with Gasteiger partial charge in [0.05, 0.1) is 27.2 Å². The normalized spacial score (nSPS) is 22.3. The number of nitriles is 1. The number of aromatic nitrogens is 2. The summed E-state index contributed by atoms with van der Waals surface area (Å²) in [6.45, 7) is -0.732. The molecule has 3 fully saturated rings. The second-order valence-corrected chi connectivity index (χ2v) is 14.8. The molecule has 238 valence electrons. The van der Waals surface area contributed by atoms with Crippen LogP contribution in [0.25, 0.3) is 16.8 Å². The molecule has 2 aromatic carbocycles. The van der Waals surface area contributed by atoms with E-state index in [0.717, 1.165) is 41.8 Å². The average Bonchev–Trinajstić information content (AvgIpc) is 3.67. The van der Waals surface area contributed by atoms with Crippen LogP contribution in [0.4, 0.5) is 23.2 Å². The van der Waals surface area contributed by atoms with Gasteiger partial charge in [0.15, 0.2) is 0 Å². The molecule has 45 heavy (non-hydrogen) atoms. The monoisotopic (exact) mass is 642 g/mol. The molecule has 1 aliphatic heterocycles. The first-order valence-corrected chi connectivity index (χ1v) is 17.0. The fourth-order valence-corrected chi connectivity index (χ4v) is 8.10. The molecule has 13 heteroatoms. The van der Waals surface area contributed by atoms with E-state index < -0.39 is 28.0 Å². The Morgan fingerprint density at radius 1 is 1.04 bits per heavy atom. The molecule has 0 radical (unpaired) electrons. The number of rotatable bonds is 7. The molecule has 1 amide bonds. The highest BCUT2D eigenvalue weighted by Gasteiger charge is 2.47. The van der Waals surface area contributed by atoms with Crippen molar-refractivity contribution in [1.82, 2.24) is 15.1 Å². The maximum absolute atomic E-state index is 13.7. The van der Waals surface area contributed by atoms with Crippen molar-refractivity contribution in [3.63, 3.8) is 0 Å². The van der Waals surface area contributed by atoms with E-state index in [2.05, 4.69) is 15.7 Å². The minimum Gasteiger partial charge on any atom is -0.370 e. The van der Waals surface area contributed by atoms with Gasteiger partial charge in [-0.1, -0.05) is 25.0 Å². The van der Waals surface area contributed by atoms with Crippen LogP contribution in [0, 0.1) is 23.1 Å². The lowest BCUT2D eigenvalue weighted by Gasteiger charge is -2.31. The van der Waals surface area contributed by atoms with Gasteiger partial charge in [-0.15, -0.1) is 0 Å². The molecule has 2 aliphatic carbocycles. The number of alkyl halides is 3. The second kappa shape index (κ2) is 12.1. The van der Waals surface area contributed by atoms with Crippen LogP contribution in [0.2, 0.25) is 0 Å². The molecule has 2 unspecified atom stereocenters. The van der Waals surface area contributed by atoms with Crippen molar-refractivity contribution in [1.29, 1.82) is 5.26 Å². The topological polar surface area (TPSA) is 103 Å². The Hall–Kier alpha value is -3.92. The zero-order chi connectivity index (χ0) is 31.8. The minimum absolute atomic E-state index is 0.0671. The molecule has 2 heterocycles. The molecule has 1 aromatic heterocycles. The van der Waals surface area contributed by atoms with Gasteiger partial charge in [-0.05, 0) is 67.6 Å². The first kappa shape index (κ1) is 31.1. The summed E-state index contributed by atoms with van der Waals surface area (Å²) in [5.74, 6) is -0.875. The van der Waals surface area contributed by atoms with E-state index in [1.54, 1.807) is 16.8 Å². The van der Waals surface area contributed by atoms with Crippen molar-refractivity contribution in [2.24, 2.45) is 10.3 Å². The van der Waals surface area contributed by atoms with Gasteiger partial charge in [-0.25, -0.2) is 17.6 Å². The molecule has 0 bridgehead atoms. The van der Waals surface area contributed by atoms with Crippen molar-refractivity contribution < 1.29 is 26.6 Å². The molecule has 8 nitrogen and oxygen atoms in total. The van der Waals surface area contributed by atoms with Gasteiger partial charge in [0, 0.05) is 53.9 Å². The van der Waals surface area contributed by atoms with E-state index in [-0.39, 0.29) is 35.1 Å². The zero-order valence-corrected chi connectivity index (χ0v) is 25.4. The summed E-state index contributed by atoms with van der Waals surface area (Å²) in [5, 5.41) is 17.5. The van der Waals surface area contributed by atoms with Gasteiger partial charge >= 0.3 is 6.18 Å². The standard InChI is InChI=1S/C32H34F4N6O2S/c33-23-7-11-25(12-8-23)42-19-28(29(40-42)26-3-1-2-4-27(26)30(43)39-31(20-37)13-14-31)22-5-9-24(10-6-22)41-15-17-45(44,18-16-41)38-21-32(34,35)36/h5-12,19,26-27H,1-4,13-18,21H2,(H,39,43). The van der Waals surface area contributed by atoms with Crippen LogP contribution < -0.4 is 10.2 Å². The number of nitrogens with one attached hydrogen (secondary N) is 1. The van der Waals surface area contributed by atoms with Gasteiger partial charge in [0.25, 0.3) is 0 Å². The number of halogens is 4. The number of hydrogen-bond donors (Lipinski definition) is 1. The van der Waals surface area contributed by atoms with E-state index in [0.29, 0.717) is 38.0 Å². The van der Waals surface area contributed by atoms with Crippen LogP contribution >= 0.6 is 0 Å². The number of anilines is 1. The molecule has 3 aromatic rings. The first-order chi connectivity index (χ1) is 21.5. The summed E-state index contributed by atoms with van der Waals surface area (Å²) in [4.78, 5) is 15.5. The number of amides is 1. The Labute approximate surface area is 259 Å². The lowest BCUT2D eigenvalue weighted by Crippen LogP contribution is -2.42. The molecule has 1 N–H and O–H groups in total. The van der Waals surface area contributed by atoms with Crippen LogP contribution in [-0.4, -0.2) is 62.8 Å². The predicted molar refractivity (Wildman–Crippen MR) is 163 cm³/mol. The van der Waals surface area contributed by atoms with Gasteiger partial charge < -0.3 is 10.2 Å². The Morgan fingerprint density at radius 2 is 1.69 bits per heavy atom. The Kier molecular flexibility index (Phi) is 8.37. The SMILES string of the molecule is N#CC1(NC(=O)C2CCCCC2c2nn(-c3ccc(F)cc3)cc2-c2ccc(N3CCS(=O)(=NCC(F)(F)F)CC3)cc2)CC1. The van der Waals surface area contributed by atoms with Crippen LogP contribution in [0.15, 0.2) is 59.1 Å². The lowest BCUT2D eigenvalue weighted by molar-refractivity contribution is -0.127. The van der Waals surface area contributed by atoms with Crippen molar-refractivity contribution in [2.45, 2.75) is 56.2 Å². The quantitative estimate of drug-likeness (QED) is 0.320. The third kappa shape index (κ3) is 7.01. The summed E-state index contributed by atoms with van der Waals surface area (Å²) in [6, 6.07) is 16.0. The number of carbonyl (C=O) groups is 1. The molecule has 0 spiro atoms. The predicted octanol–water partition coefficient (Wildman–Crippen LogP) is 5.97. The maximum Gasteiger partial charge on any atom is 0.408 e. The molecule has 2 saturated carbocycles. The van der Waals surface area contributed by atoms with Gasteiger partial charge in [-0.3, -0.25) is 4.79 Å². The van der Waals surface area contributed by atoms with Gasteiger partial charge in [0.2, 0.25) is 5.91 Å². The minimum atomic E-state index is -4.47. The van der Waals surface area contributed by atoms with Crippen LogP contribution in [-0.2, 0) is 14.5 Å². The van der Waals surface area contributed by atoms with Gasteiger partial charge in [-0.2, -0.15) is 23.5 Å². The molecule has 6 rings (SSSR count). The molecule has 3 aliphatic rings. The van der Waals surface area contributed by atoms with Crippen molar-refractivity contribution in [3.05, 3.63) is 66.2 Å². The fourth-order valence-electron chi connectivity index (χ4n) is 6.25. The van der Waals surface area contributed by atoms with Crippen molar-refractivity contribution in [2.75, 3.05) is 36.0 Å². The lowest BCUT2D eigenvalue weighted by atomic mass is 9.75. The molecular formula is C32H34F4N6O2S. The molecule has 1 saturated heterocycles. The Balaban J connectivity index is 1.28. The van der Waals surface area contributed by atoms with E-state index in [1.165, 1.54) is 12.1 Å². The van der Waals surface area contributed by atoms with Crippen molar-refractivity contribution in [3.8, 4) is 22.9 Å². The number of benzene rings is 2. The molecule has 2 atom stereocenters. The number of nitrogens with zero attached hydrogens (tertiary/aromatic N) is 5. The largest absolute Gasteiger partial charge is 0.408 e. The van der Waals surface area contributed by atoms with Crippen LogP contribution in [0.1, 0.15) is 50.1 Å². The highest BCUT2D eigenvalue weighted by atomic mass is 32.2. The van der Waals surface area contributed by atoms with E-state index in [1.807, 2.05) is 35.4 Å². The van der Waals surface area contributed by atoms with Gasteiger partial charge in [0.1, 0.15) is 17.9 Å². The van der Waals surface area contributed by atoms with E-state index in [9.17, 15) is 31.8 Å². The summed E-state index contributed by atoms with van der Waals surface area (Å²) in [7, 11) is -2.90. The summed E-state index contributed by atoms with van der Waals surface area (Å²) >= 11 is 0.